The first-order chi connectivity index (χ1) is 15.0. The van der Waals surface area contributed by atoms with Gasteiger partial charge >= 0.3 is 6.18 Å². The summed E-state index contributed by atoms with van der Waals surface area (Å²) in [6.07, 6.45) is -2.88. The van der Waals surface area contributed by atoms with Crippen LogP contribution in [-0.4, -0.2) is 46.6 Å². The van der Waals surface area contributed by atoms with Gasteiger partial charge in [-0.15, -0.1) is 0 Å². The van der Waals surface area contributed by atoms with Gasteiger partial charge in [-0.3, -0.25) is 4.79 Å². The average Bonchev–Trinajstić information content (AvgIpc) is 2.68. The van der Waals surface area contributed by atoms with E-state index >= 15 is 0 Å². The van der Waals surface area contributed by atoms with Crippen LogP contribution < -0.4 is 20.3 Å². The number of amides is 1. The molecule has 1 fully saturated rings. The maximum absolute atomic E-state index is 13.0. The summed E-state index contributed by atoms with van der Waals surface area (Å²) >= 11 is 0. The number of rotatable bonds is 5. The second-order valence-corrected chi connectivity index (χ2v) is 8.43. The summed E-state index contributed by atoms with van der Waals surface area (Å²) in [5, 5.41) is 6.15. The molecule has 1 atom stereocenters. The lowest BCUT2D eigenvalue weighted by molar-refractivity contribution is -0.137. The molecule has 1 amide bonds. The molecular weight excluding hydrogens is 425 g/mol. The summed E-state index contributed by atoms with van der Waals surface area (Å²) < 4.78 is 44.4. The Morgan fingerprint density at radius 2 is 1.94 bits per heavy atom. The molecule has 2 aliphatic rings. The van der Waals surface area contributed by atoms with Gasteiger partial charge in [0.25, 0.3) is 0 Å². The van der Waals surface area contributed by atoms with Crippen LogP contribution in [0.4, 0.5) is 30.6 Å². The number of aryl methyl sites for hydroxylation is 2. The SMILES string of the molecule is Cc1cc(C(F)(F)F)cc(OCC2CC(Nc3nc(C)c4c(n3)N(C)[C@@H](C)C(=O)N4)C2)n1. The number of likely N-dealkylation sites (N-methyl/N-ethyl adjacent to an activating group) is 1. The second-order valence-electron chi connectivity index (χ2n) is 8.43. The number of ether oxygens (including phenoxy) is 1. The van der Waals surface area contributed by atoms with Crippen molar-refractivity contribution in [2.24, 2.45) is 5.92 Å². The largest absolute Gasteiger partial charge is 0.477 e. The molecule has 32 heavy (non-hydrogen) atoms. The zero-order valence-electron chi connectivity index (χ0n) is 18.2. The Hall–Kier alpha value is -3.11. The standard InChI is InChI=1S/C21H25F3N6O2/c1-10-5-14(21(22,23)24)8-16(25-10)32-9-13-6-15(7-13)27-20-26-11(2)17-18(29-20)30(4)12(3)19(31)28-17/h5,8,12-13,15H,6-7,9H2,1-4H3,(H,28,31)(H,26,27,29)/t12-,13?,15?/m0/s1. The highest BCUT2D eigenvalue weighted by molar-refractivity contribution is 6.03. The van der Waals surface area contributed by atoms with Gasteiger partial charge in [-0.05, 0) is 45.6 Å². The highest BCUT2D eigenvalue weighted by Crippen LogP contribution is 2.35. The van der Waals surface area contributed by atoms with Gasteiger partial charge in [-0.1, -0.05) is 0 Å². The quantitative estimate of drug-likeness (QED) is 0.720. The summed E-state index contributed by atoms with van der Waals surface area (Å²) in [7, 11) is 1.82. The molecule has 0 radical (unpaired) electrons. The number of nitrogens with one attached hydrogen (secondary N) is 2. The number of anilines is 3. The molecule has 0 saturated heterocycles. The van der Waals surface area contributed by atoms with Crippen LogP contribution in [0, 0.1) is 19.8 Å². The molecule has 8 nitrogen and oxygen atoms in total. The van der Waals surface area contributed by atoms with Gasteiger partial charge in [0, 0.05) is 24.8 Å². The van der Waals surface area contributed by atoms with E-state index < -0.39 is 11.7 Å². The van der Waals surface area contributed by atoms with Crippen molar-refractivity contribution in [2.45, 2.75) is 51.9 Å². The summed E-state index contributed by atoms with van der Waals surface area (Å²) in [6, 6.07) is 1.74. The molecular formula is C21H25F3N6O2. The molecule has 2 N–H and O–H groups in total. The van der Waals surface area contributed by atoms with E-state index in [1.807, 2.05) is 18.9 Å². The fourth-order valence-corrected chi connectivity index (χ4v) is 3.86. The summed E-state index contributed by atoms with van der Waals surface area (Å²) in [5.41, 5.74) is 0.793. The molecule has 172 valence electrons. The number of carbonyl (C=O) groups is 1. The number of alkyl halides is 3. The Morgan fingerprint density at radius 1 is 1.22 bits per heavy atom. The van der Waals surface area contributed by atoms with Gasteiger partial charge < -0.3 is 20.3 Å². The van der Waals surface area contributed by atoms with E-state index in [-0.39, 0.29) is 35.5 Å². The zero-order chi connectivity index (χ0) is 23.2. The van der Waals surface area contributed by atoms with Gasteiger partial charge in [0.15, 0.2) is 5.82 Å². The highest BCUT2D eigenvalue weighted by Gasteiger charge is 2.34. The van der Waals surface area contributed by atoms with E-state index in [9.17, 15) is 18.0 Å². The van der Waals surface area contributed by atoms with E-state index in [1.165, 1.54) is 6.92 Å². The van der Waals surface area contributed by atoms with Crippen LogP contribution in [0.2, 0.25) is 0 Å². The van der Waals surface area contributed by atoms with Gasteiger partial charge in [0.2, 0.25) is 17.7 Å². The third-order valence-electron chi connectivity index (χ3n) is 5.91. The molecule has 0 unspecified atom stereocenters. The summed E-state index contributed by atoms with van der Waals surface area (Å²) in [5.74, 6) is 1.24. The van der Waals surface area contributed by atoms with Gasteiger partial charge in [0.1, 0.15) is 11.7 Å². The van der Waals surface area contributed by atoms with Crippen molar-refractivity contribution in [3.05, 3.63) is 29.1 Å². The Bertz CT molecular complexity index is 1040. The lowest BCUT2D eigenvalue weighted by Gasteiger charge is -2.36. The van der Waals surface area contributed by atoms with Crippen molar-refractivity contribution in [1.82, 2.24) is 15.0 Å². The van der Waals surface area contributed by atoms with Gasteiger partial charge in [0.05, 0.1) is 17.9 Å². The van der Waals surface area contributed by atoms with Crippen LogP contribution >= 0.6 is 0 Å². The molecule has 1 aliphatic carbocycles. The number of hydrogen-bond donors (Lipinski definition) is 2. The number of fused-ring (bicyclic) bond motifs is 1. The van der Waals surface area contributed by atoms with Crippen LogP contribution in [0.3, 0.4) is 0 Å². The second kappa shape index (κ2) is 8.10. The Balaban J connectivity index is 1.33. The molecule has 2 aromatic rings. The van der Waals surface area contributed by atoms with Crippen LogP contribution in [-0.2, 0) is 11.0 Å². The van der Waals surface area contributed by atoms with Crippen LogP contribution in [0.1, 0.15) is 36.7 Å². The minimum atomic E-state index is -4.43. The first-order valence-electron chi connectivity index (χ1n) is 10.4. The van der Waals surface area contributed by atoms with Crippen molar-refractivity contribution in [2.75, 3.05) is 29.2 Å². The predicted octanol–water partition coefficient (Wildman–Crippen LogP) is 3.55. The number of carbonyl (C=O) groups excluding carboxylic acids is 1. The van der Waals surface area contributed by atoms with E-state index in [1.54, 1.807) is 6.92 Å². The molecule has 0 spiro atoms. The minimum Gasteiger partial charge on any atom is -0.477 e. The molecule has 11 heteroatoms. The van der Waals surface area contributed by atoms with Gasteiger partial charge in [-0.2, -0.15) is 18.2 Å². The zero-order valence-corrected chi connectivity index (χ0v) is 18.2. The van der Waals surface area contributed by atoms with Crippen LogP contribution in [0.15, 0.2) is 12.1 Å². The first kappa shape index (κ1) is 22.1. The fraction of sp³-hybridized carbons (Fsp3) is 0.524. The Morgan fingerprint density at radius 3 is 2.62 bits per heavy atom. The van der Waals surface area contributed by atoms with Crippen molar-refractivity contribution < 1.29 is 22.7 Å². The summed E-state index contributed by atoms with van der Waals surface area (Å²) in [4.78, 5) is 26.9. The molecule has 1 aliphatic heterocycles. The van der Waals surface area contributed by atoms with Crippen molar-refractivity contribution in [1.29, 1.82) is 0 Å². The smallest absolute Gasteiger partial charge is 0.416 e. The van der Waals surface area contributed by atoms with E-state index in [0.717, 1.165) is 25.0 Å². The van der Waals surface area contributed by atoms with Gasteiger partial charge in [-0.25, -0.2) is 9.97 Å². The van der Waals surface area contributed by atoms with Crippen molar-refractivity contribution in [3.63, 3.8) is 0 Å². The number of nitrogens with zero attached hydrogens (tertiary/aromatic N) is 4. The maximum Gasteiger partial charge on any atom is 0.416 e. The maximum atomic E-state index is 13.0. The number of halogens is 3. The third kappa shape index (κ3) is 4.42. The third-order valence-corrected chi connectivity index (χ3v) is 5.91. The number of hydrogen-bond acceptors (Lipinski definition) is 7. The van der Waals surface area contributed by atoms with E-state index in [4.69, 9.17) is 4.74 Å². The lowest BCUT2D eigenvalue weighted by atomic mass is 9.81. The van der Waals surface area contributed by atoms with Crippen LogP contribution in [0.25, 0.3) is 0 Å². The minimum absolute atomic E-state index is 0.0124. The van der Waals surface area contributed by atoms with Crippen molar-refractivity contribution in [3.8, 4) is 5.88 Å². The number of aromatic nitrogens is 3. The monoisotopic (exact) mass is 450 g/mol. The first-order valence-corrected chi connectivity index (χ1v) is 10.4. The predicted molar refractivity (Wildman–Crippen MR) is 113 cm³/mol. The number of pyridine rings is 1. The highest BCUT2D eigenvalue weighted by atomic mass is 19.4. The average molecular weight is 450 g/mol. The molecule has 1 saturated carbocycles. The van der Waals surface area contributed by atoms with E-state index in [0.29, 0.717) is 29.8 Å². The molecule has 0 aromatic carbocycles. The lowest BCUT2D eigenvalue weighted by Crippen LogP contribution is -2.45. The molecule has 0 bridgehead atoms. The van der Waals surface area contributed by atoms with Crippen LogP contribution in [0.5, 0.6) is 5.88 Å². The normalized spacial score (nSPS) is 22.7. The van der Waals surface area contributed by atoms with E-state index in [2.05, 4.69) is 25.6 Å². The Labute approximate surface area is 183 Å². The Kier molecular flexibility index (Phi) is 5.59. The molecule has 3 heterocycles. The van der Waals surface area contributed by atoms with Crippen molar-refractivity contribution >= 4 is 23.4 Å². The molecule has 4 rings (SSSR count). The summed E-state index contributed by atoms with van der Waals surface area (Å²) in [6.45, 7) is 5.43. The molecule has 2 aromatic heterocycles. The topological polar surface area (TPSA) is 92.3 Å². The fourth-order valence-electron chi connectivity index (χ4n) is 3.86.